The summed E-state index contributed by atoms with van der Waals surface area (Å²) in [7, 11) is 3.52. The smallest absolute Gasteiger partial charge is 0.323 e. The summed E-state index contributed by atoms with van der Waals surface area (Å²) in [4.78, 5) is 15.9. The average Bonchev–Trinajstić information content (AvgIpc) is 2.65. The van der Waals surface area contributed by atoms with Gasteiger partial charge in [-0.3, -0.25) is 4.68 Å². The normalized spacial score (nSPS) is 18.4. The maximum absolute atomic E-state index is 13.6. The van der Waals surface area contributed by atoms with Crippen LogP contribution < -0.4 is 5.32 Å². The second-order valence-electron chi connectivity index (χ2n) is 6.28. The van der Waals surface area contributed by atoms with Crippen LogP contribution in [0.15, 0.2) is 0 Å². The third-order valence-electron chi connectivity index (χ3n) is 4.46. The molecule has 2 amide bonds. The number of carbonyl (C=O) groups is 1. The molecule has 136 valence electrons. The summed E-state index contributed by atoms with van der Waals surface area (Å²) in [5.41, 5.74) is 0.684. The largest absolute Gasteiger partial charge is 0.413 e. The molecule has 1 unspecified atom stereocenters. The molecular formula is C15H24F3N5O. The predicted octanol–water partition coefficient (Wildman–Crippen LogP) is 1.99. The van der Waals surface area contributed by atoms with E-state index in [4.69, 9.17) is 0 Å². The number of halogens is 3. The molecule has 1 aromatic rings. The van der Waals surface area contributed by atoms with Gasteiger partial charge >= 0.3 is 12.2 Å². The molecule has 1 N–H and O–H groups in total. The van der Waals surface area contributed by atoms with E-state index in [1.54, 1.807) is 14.0 Å². The molecular weight excluding hydrogens is 323 g/mol. The Balaban J connectivity index is 2.22. The van der Waals surface area contributed by atoms with Gasteiger partial charge in [0.25, 0.3) is 0 Å². The number of aromatic nitrogens is 2. The highest BCUT2D eigenvalue weighted by Crippen LogP contribution is 2.35. The van der Waals surface area contributed by atoms with Crippen LogP contribution in [0.4, 0.5) is 18.0 Å². The molecule has 6 nitrogen and oxygen atoms in total. The standard InChI is InChI=1S/C15H24F3N5O/c1-10-12(11(2)22(4)20-10)13(15(16,17)18)19-14(24)23-7-5-6-21(3)8-9-23/h13H,5-9H2,1-4H3,(H,19,24). The Hall–Kier alpha value is -1.77. The van der Waals surface area contributed by atoms with Crippen LogP contribution in [0.2, 0.25) is 0 Å². The van der Waals surface area contributed by atoms with Gasteiger partial charge in [0.2, 0.25) is 0 Å². The molecule has 2 heterocycles. The van der Waals surface area contributed by atoms with Crippen LogP contribution in [0.1, 0.15) is 29.4 Å². The van der Waals surface area contributed by atoms with E-state index in [2.05, 4.69) is 15.3 Å². The van der Waals surface area contributed by atoms with E-state index in [1.807, 2.05) is 7.05 Å². The van der Waals surface area contributed by atoms with Crippen molar-refractivity contribution in [3.05, 3.63) is 17.0 Å². The zero-order chi connectivity index (χ0) is 18.1. The second kappa shape index (κ2) is 7.00. The van der Waals surface area contributed by atoms with Gasteiger partial charge in [0.1, 0.15) is 0 Å². The lowest BCUT2D eigenvalue weighted by Gasteiger charge is -2.27. The molecule has 1 aliphatic heterocycles. The van der Waals surface area contributed by atoms with Crippen molar-refractivity contribution in [2.75, 3.05) is 33.2 Å². The van der Waals surface area contributed by atoms with Gasteiger partial charge in [-0.25, -0.2) is 4.79 Å². The summed E-state index contributed by atoms with van der Waals surface area (Å²) < 4.78 is 42.1. The highest BCUT2D eigenvalue weighted by Gasteiger charge is 2.45. The van der Waals surface area contributed by atoms with Crippen molar-refractivity contribution in [2.24, 2.45) is 7.05 Å². The maximum atomic E-state index is 13.6. The van der Waals surface area contributed by atoms with Crippen LogP contribution in [0, 0.1) is 13.8 Å². The van der Waals surface area contributed by atoms with E-state index in [0.717, 1.165) is 13.0 Å². The van der Waals surface area contributed by atoms with Crippen molar-refractivity contribution >= 4 is 6.03 Å². The molecule has 0 spiro atoms. The van der Waals surface area contributed by atoms with E-state index in [1.165, 1.54) is 16.5 Å². The Kier molecular flexibility index (Phi) is 5.42. The number of likely N-dealkylation sites (N-methyl/N-ethyl adjacent to an activating group) is 1. The molecule has 1 aliphatic rings. The van der Waals surface area contributed by atoms with Gasteiger partial charge in [0.05, 0.1) is 5.69 Å². The van der Waals surface area contributed by atoms with E-state index >= 15 is 0 Å². The van der Waals surface area contributed by atoms with Gasteiger partial charge in [-0.2, -0.15) is 18.3 Å². The second-order valence-corrected chi connectivity index (χ2v) is 6.28. The monoisotopic (exact) mass is 347 g/mol. The van der Waals surface area contributed by atoms with Crippen LogP contribution in [-0.2, 0) is 7.05 Å². The summed E-state index contributed by atoms with van der Waals surface area (Å²) in [6.45, 7) is 5.43. The van der Waals surface area contributed by atoms with Gasteiger partial charge in [0, 0.05) is 37.9 Å². The lowest BCUT2D eigenvalue weighted by atomic mass is 10.0. The molecule has 1 fully saturated rings. The Bertz CT molecular complexity index is 599. The maximum Gasteiger partial charge on any atom is 0.413 e. The lowest BCUT2D eigenvalue weighted by molar-refractivity contribution is -0.155. The first-order chi connectivity index (χ1) is 11.1. The fourth-order valence-corrected chi connectivity index (χ4v) is 2.99. The third kappa shape index (κ3) is 4.00. The molecule has 0 saturated carbocycles. The van der Waals surface area contributed by atoms with Gasteiger partial charge in [-0.05, 0) is 33.9 Å². The fourth-order valence-electron chi connectivity index (χ4n) is 2.99. The number of hydrogen-bond acceptors (Lipinski definition) is 3. The van der Waals surface area contributed by atoms with Crippen molar-refractivity contribution in [3.63, 3.8) is 0 Å². The first kappa shape index (κ1) is 18.6. The Labute approximate surface area is 139 Å². The van der Waals surface area contributed by atoms with E-state index in [9.17, 15) is 18.0 Å². The quantitative estimate of drug-likeness (QED) is 0.890. The Morgan fingerprint density at radius 3 is 2.38 bits per heavy atom. The van der Waals surface area contributed by atoms with Gasteiger partial charge in [0.15, 0.2) is 6.04 Å². The molecule has 1 atom stereocenters. The fraction of sp³-hybridized carbons (Fsp3) is 0.733. The molecule has 0 aromatic carbocycles. The lowest BCUT2D eigenvalue weighted by Crippen LogP contribution is -2.47. The highest BCUT2D eigenvalue weighted by molar-refractivity contribution is 5.75. The summed E-state index contributed by atoms with van der Waals surface area (Å²) in [6.07, 6.45) is -3.84. The van der Waals surface area contributed by atoms with Crippen LogP contribution >= 0.6 is 0 Å². The molecule has 1 saturated heterocycles. The van der Waals surface area contributed by atoms with E-state index in [-0.39, 0.29) is 11.3 Å². The molecule has 0 radical (unpaired) electrons. The van der Waals surface area contributed by atoms with Gasteiger partial charge < -0.3 is 15.1 Å². The van der Waals surface area contributed by atoms with E-state index in [0.29, 0.717) is 25.3 Å². The van der Waals surface area contributed by atoms with Gasteiger partial charge in [-0.1, -0.05) is 0 Å². The number of aryl methyl sites for hydroxylation is 2. The van der Waals surface area contributed by atoms with Gasteiger partial charge in [-0.15, -0.1) is 0 Å². The zero-order valence-electron chi connectivity index (χ0n) is 14.4. The minimum Gasteiger partial charge on any atom is -0.323 e. The van der Waals surface area contributed by atoms with Crippen molar-refractivity contribution in [1.82, 2.24) is 24.9 Å². The van der Waals surface area contributed by atoms with E-state index < -0.39 is 18.2 Å². The van der Waals surface area contributed by atoms with Crippen LogP contribution in [0.3, 0.4) is 0 Å². The minimum absolute atomic E-state index is 0.0188. The molecule has 0 aliphatic carbocycles. The van der Waals surface area contributed by atoms with Crippen molar-refractivity contribution < 1.29 is 18.0 Å². The average molecular weight is 347 g/mol. The molecule has 2 rings (SSSR count). The number of rotatable bonds is 2. The number of carbonyl (C=O) groups excluding carboxylic acids is 1. The minimum atomic E-state index is -4.59. The molecule has 9 heteroatoms. The summed E-state index contributed by atoms with van der Waals surface area (Å²) in [5.74, 6) is 0. The number of nitrogens with one attached hydrogen (secondary N) is 1. The molecule has 24 heavy (non-hydrogen) atoms. The summed E-state index contributed by atoms with van der Waals surface area (Å²) in [5, 5.41) is 6.21. The van der Waals surface area contributed by atoms with Crippen molar-refractivity contribution in [2.45, 2.75) is 32.5 Å². The topological polar surface area (TPSA) is 53.4 Å². The van der Waals surface area contributed by atoms with Crippen LogP contribution in [-0.4, -0.2) is 65.0 Å². The highest BCUT2D eigenvalue weighted by atomic mass is 19.4. The van der Waals surface area contributed by atoms with Crippen molar-refractivity contribution in [3.8, 4) is 0 Å². The number of alkyl halides is 3. The Morgan fingerprint density at radius 2 is 1.83 bits per heavy atom. The summed E-state index contributed by atoms with van der Waals surface area (Å²) in [6, 6.07) is -2.74. The van der Waals surface area contributed by atoms with Crippen LogP contribution in [0.5, 0.6) is 0 Å². The molecule has 0 bridgehead atoms. The number of urea groups is 1. The number of hydrogen-bond donors (Lipinski definition) is 1. The molecule has 1 aromatic heterocycles. The van der Waals surface area contributed by atoms with Crippen molar-refractivity contribution in [1.29, 1.82) is 0 Å². The first-order valence-electron chi connectivity index (χ1n) is 7.92. The summed E-state index contributed by atoms with van der Waals surface area (Å²) >= 11 is 0. The number of amides is 2. The zero-order valence-corrected chi connectivity index (χ0v) is 14.4. The SMILES string of the molecule is Cc1nn(C)c(C)c1C(NC(=O)N1CCCN(C)CC1)C(F)(F)F. The third-order valence-corrected chi connectivity index (χ3v) is 4.46. The predicted molar refractivity (Wildman–Crippen MR) is 83.7 cm³/mol. The number of nitrogens with zero attached hydrogens (tertiary/aromatic N) is 4. The Morgan fingerprint density at radius 1 is 1.17 bits per heavy atom. The van der Waals surface area contributed by atoms with Crippen LogP contribution in [0.25, 0.3) is 0 Å². The first-order valence-corrected chi connectivity index (χ1v) is 7.92.